The fourth-order valence-corrected chi connectivity index (χ4v) is 6.71. The molecule has 1 heterocycles. The maximum atomic E-state index is 9.34. The Morgan fingerprint density at radius 1 is 0.714 bits per heavy atom. The van der Waals surface area contributed by atoms with E-state index in [1.807, 2.05) is 12.1 Å². The summed E-state index contributed by atoms with van der Waals surface area (Å²) < 4.78 is 5.65. The summed E-state index contributed by atoms with van der Waals surface area (Å²) >= 11 is 1.63. The SMILES string of the molecule is CCCCCCc1cc(/C=C\c2ccc(N(c3ccc(CCCC)cc3)c3ccc(CCOCCCO)cc3)cc2)sc1C=C(C#N)C#N. The van der Waals surface area contributed by atoms with E-state index in [0.29, 0.717) is 19.6 Å². The Balaban J connectivity index is 1.55. The van der Waals surface area contributed by atoms with E-state index in [1.165, 1.54) is 48.8 Å². The first-order chi connectivity index (χ1) is 24.1. The Labute approximate surface area is 297 Å². The van der Waals surface area contributed by atoms with E-state index in [2.05, 4.69) is 110 Å². The van der Waals surface area contributed by atoms with Gasteiger partial charge in [0.2, 0.25) is 0 Å². The van der Waals surface area contributed by atoms with Crippen LogP contribution in [-0.4, -0.2) is 24.9 Å². The number of unbranched alkanes of at least 4 members (excludes halogenated alkanes) is 4. The van der Waals surface area contributed by atoms with Crippen LogP contribution in [0.25, 0.3) is 18.2 Å². The van der Waals surface area contributed by atoms with Gasteiger partial charge in [0.15, 0.2) is 0 Å². The van der Waals surface area contributed by atoms with Gasteiger partial charge in [0, 0.05) is 40.0 Å². The average molecular weight is 672 g/mol. The monoisotopic (exact) mass is 671 g/mol. The molecule has 3 aromatic carbocycles. The molecule has 0 spiro atoms. The highest BCUT2D eigenvalue weighted by molar-refractivity contribution is 7.14. The number of thiophene rings is 1. The summed E-state index contributed by atoms with van der Waals surface area (Å²) in [6, 6.07) is 32.5. The van der Waals surface area contributed by atoms with Crippen LogP contribution in [0, 0.1) is 22.7 Å². The van der Waals surface area contributed by atoms with Crippen LogP contribution in [-0.2, 0) is 24.0 Å². The number of nitrogens with zero attached hydrogens (tertiary/aromatic N) is 3. The molecule has 0 radical (unpaired) electrons. The van der Waals surface area contributed by atoms with Crippen LogP contribution in [0.5, 0.6) is 0 Å². The molecule has 0 atom stereocenters. The van der Waals surface area contributed by atoms with Crippen molar-refractivity contribution in [3.05, 3.63) is 116 Å². The minimum Gasteiger partial charge on any atom is -0.396 e. The Bertz CT molecular complexity index is 1690. The molecule has 0 fully saturated rings. The second-order valence-corrected chi connectivity index (χ2v) is 13.4. The zero-order chi connectivity index (χ0) is 34.7. The second-order valence-electron chi connectivity index (χ2n) is 12.3. The molecule has 0 saturated heterocycles. The molecule has 49 heavy (non-hydrogen) atoms. The lowest BCUT2D eigenvalue weighted by Crippen LogP contribution is -2.10. The first-order valence-electron chi connectivity index (χ1n) is 17.7. The van der Waals surface area contributed by atoms with Crippen molar-refractivity contribution in [3.8, 4) is 12.1 Å². The molecule has 6 heteroatoms. The molecule has 0 aliphatic carbocycles. The molecule has 5 nitrogen and oxygen atoms in total. The van der Waals surface area contributed by atoms with Gasteiger partial charge < -0.3 is 14.7 Å². The third-order valence-electron chi connectivity index (χ3n) is 8.46. The number of allylic oxidation sites excluding steroid dienone is 1. The Morgan fingerprint density at radius 2 is 1.33 bits per heavy atom. The van der Waals surface area contributed by atoms with Gasteiger partial charge in [-0.2, -0.15) is 10.5 Å². The predicted molar refractivity (Wildman–Crippen MR) is 206 cm³/mol. The van der Waals surface area contributed by atoms with Crippen LogP contribution < -0.4 is 4.90 Å². The summed E-state index contributed by atoms with van der Waals surface area (Å²) in [7, 11) is 0. The van der Waals surface area contributed by atoms with Crippen LogP contribution in [0.2, 0.25) is 0 Å². The lowest BCUT2D eigenvalue weighted by atomic mass is 10.1. The summed E-state index contributed by atoms with van der Waals surface area (Å²) in [5, 5.41) is 27.6. The minimum atomic E-state index is 0.140. The topological polar surface area (TPSA) is 80.3 Å². The van der Waals surface area contributed by atoms with Gasteiger partial charge in [0.25, 0.3) is 0 Å². The summed E-state index contributed by atoms with van der Waals surface area (Å²) in [6.07, 6.45) is 16.6. The number of hydrogen-bond donors (Lipinski definition) is 1. The van der Waals surface area contributed by atoms with Gasteiger partial charge in [0.05, 0.1) is 6.61 Å². The Kier molecular flexibility index (Phi) is 15.9. The van der Waals surface area contributed by atoms with Crippen molar-refractivity contribution in [1.82, 2.24) is 0 Å². The molecule has 0 unspecified atom stereocenters. The maximum Gasteiger partial charge on any atom is 0.131 e. The fourth-order valence-electron chi connectivity index (χ4n) is 5.65. The van der Waals surface area contributed by atoms with Gasteiger partial charge in [-0.3, -0.25) is 0 Å². The summed E-state index contributed by atoms with van der Waals surface area (Å²) in [6.45, 7) is 5.82. The van der Waals surface area contributed by atoms with E-state index in [-0.39, 0.29) is 12.2 Å². The number of nitriles is 2. The molecule has 0 aliphatic rings. The smallest absolute Gasteiger partial charge is 0.131 e. The number of rotatable bonds is 20. The minimum absolute atomic E-state index is 0.140. The largest absolute Gasteiger partial charge is 0.396 e. The molecule has 4 aromatic rings. The van der Waals surface area contributed by atoms with Crippen molar-refractivity contribution < 1.29 is 9.84 Å². The van der Waals surface area contributed by atoms with Gasteiger partial charge in [-0.15, -0.1) is 11.3 Å². The van der Waals surface area contributed by atoms with E-state index in [4.69, 9.17) is 9.84 Å². The zero-order valence-electron chi connectivity index (χ0n) is 29.0. The number of ether oxygens (including phenoxy) is 1. The molecular formula is C43H49N3O2S. The van der Waals surface area contributed by atoms with E-state index < -0.39 is 0 Å². The number of benzene rings is 3. The summed E-state index contributed by atoms with van der Waals surface area (Å²) in [5.74, 6) is 0. The summed E-state index contributed by atoms with van der Waals surface area (Å²) in [5.41, 5.74) is 8.30. The maximum absolute atomic E-state index is 9.34. The Hall–Kier alpha value is -4.46. The van der Waals surface area contributed by atoms with E-state index in [1.54, 1.807) is 17.4 Å². The number of aryl methyl sites for hydroxylation is 2. The lowest BCUT2D eigenvalue weighted by Gasteiger charge is -2.26. The highest BCUT2D eigenvalue weighted by Gasteiger charge is 2.13. The van der Waals surface area contributed by atoms with Crippen LogP contribution in [0.1, 0.15) is 90.8 Å². The van der Waals surface area contributed by atoms with Crippen LogP contribution in [0.4, 0.5) is 17.1 Å². The van der Waals surface area contributed by atoms with Crippen molar-refractivity contribution >= 4 is 46.6 Å². The van der Waals surface area contributed by atoms with Crippen LogP contribution in [0.3, 0.4) is 0 Å². The predicted octanol–water partition coefficient (Wildman–Crippen LogP) is 11.2. The molecule has 1 N–H and O–H groups in total. The average Bonchev–Trinajstić information content (AvgIpc) is 3.53. The second kappa shape index (κ2) is 20.8. The lowest BCUT2D eigenvalue weighted by molar-refractivity contribution is 0.118. The number of aliphatic hydroxyl groups is 1. The Morgan fingerprint density at radius 3 is 1.92 bits per heavy atom. The van der Waals surface area contributed by atoms with Crippen LogP contribution >= 0.6 is 11.3 Å². The molecule has 4 rings (SSSR count). The van der Waals surface area contributed by atoms with Crippen molar-refractivity contribution in [3.63, 3.8) is 0 Å². The van der Waals surface area contributed by atoms with Gasteiger partial charge in [-0.05, 0) is 115 Å². The number of aliphatic hydroxyl groups excluding tert-OH is 1. The third-order valence-corrected chi connectivity index (χ3v) is 9.55. The van der Waals surface area contributed by atoms with Gasteiger partial charge >= 0.3 is 0 Å². The quantitative estimate of drug-likeness (QED) is 0.0747. The first kappa shape index (κ1) is 37.4. The van der Waals surface area contributed by atoms with Crippen LogP contribution in [0.15, 0.2) is 84.4 Å². The number of anilines is 3. The highest BCUT2D eigenvalue weighted by atomic mass is 32.1. The highest BCUT2D eigenvalue weighted by Crippen LogP contribution is 2.35. The van der Waals surface area contributed by atoms with E-state index in [9.17, 15) is 10.5 Å². The molecule has 0 aliphatic heterocycles. The van der Waals surface area contributed by atoms with Crippen molar-refractivity contribution in [2.75, 3.05) is 24.7 Å². The fraction of sp³-hybridized carbons (Fsp3) is 0.349. The molecule has 0 bridgehead atoms. The third kappa shape index (κ3) is 11.9. The van der Waals surface area contributed by atoms with Crippen molar-refractivity contribution in [1.29, 1.82) is 10.5 Å². The molecular weight excluding hydrogens is 623 g/mol. The zero-order valence-corrected chi connectivity index (χ0v) is 29.9. The molecule has 0 saturated carbocycles. The van der Waals surface area contributed by atoms with Gasteiger partial charge in [-0.25, -0.2) is 0 Å². The normalized spacial score (nSPS) is 11.0. The van der Waals surface area contributed by atoms with E-state index in [0.717, 1.165) is 58.1 Å². The number of hydrogen-bond acceptors (Lipinski definition) is 6. The van der Waals surface area contributed by atoms with Crippen molar-refractivity contribution in [2.24, 2.45) is 0 Å². The van der Waals surface area contributed by atoms with Gasteiger partial charge in [-0.1, -0.05) is 82.0 Å². The standard InChI is InChI=1S/C43H49N3O2S/c1-3-5-7-8-11-38-31-42(49-43(38)30-37(32-44)33-45)25-18-35-14-21-40(22-15-35)46(39-19-12-34(13-20-39)10-6-4-2)41-23-16-36(17-24-41)26-29-48-28-9-27-47/h12-25,30-31,47H,3-11,26-29H2,1-2H3/b25-18-. The molecule has 1 aromatic heterocycles. The molecule has 0 amide bonds. The summed E-state index contributed by atoms with van der Waals surface area (Å²) in [4.78, 5) is 4.41. The van der Waals surface area contributed by atoms with E-state index >= 15 is 0 Å². The van der Waals surface area contributed by atoms with Crippen molar-refractivity contribution in [2.45, 2.75) is 78.1 Å². The molecule has 254 valence electrons. The van der Waals surface area contributed by atoms with Gasteiger partial charge in [0.1, 0.15) is 17.7 Å². The first-order valence-corrected chi connectivity index (χ1v) is 18.5.